The normalized spacial score (nSPS) is 14.4. The highest BCUT2D eigenvalue weighted by Gasteiger charge is 2.28. The molecule has 1 saturated heterocycles. The van der Waals surface area contributed by atoms with E-state index in [0.717, 1.165) is 0 Å². The Bertz CT molecular complexity index is 904. The van der Waals surface area contributed by atoms with Gasteiger partial charge in [-0.2, -0.15) is 0 Å². The summed E-state index contributed by atoms with van der Waals surface area (Å²) in [5.41, 5.74) is 1.52. The van der Waals surface area contributed by atoms with Gasteiger partial charge >= 0.3 is 0 Å². The Kier molecular flexibility index (Phi) is 6.26. The Morgan fingerprint density at radius 2 is 1.66 bits per heavy atom. The van der Waals surface area contributed by atoms with Gasteiger partial charge in [0, 0.05) is 49.9 Å². The second kappa shape index (κ2) is 8.86. The summed E-state index contributed by atoms with van der Waals surface area (Å²) in [6, 6.07) is 12.3. The zero-order valence-corrected chi connectivity index (χ0v) is 16.5. The maximum absolute atomic E-state index is 13.0. The van der Waals surface area contributed by atoms with E-state index in [9.17, 15) is 18.8 Å². The van der Waals surface area contributed by atoms with Gasteiger partial charge < -0.3 is 15.1 Å². The van der Waals surface area contributed by atoms with E-state index in [1.165, 1.54) is 29.2 Å². The van der Waals surface area contributed by atoms with Gasteiger partial charge in [0.1, 0.15) is 5.82 Å². The number of carbonyl (C=O) groups excluding carboxylic acids is 3. The van der Waals surface area contributed by atoms with Gasteiger partial charge in [-0.25, -0.2) is 4.39 Å². The van der Waals surface area contributed by atoms with Gasteiger partial charge in [0.2, 0.25) is 5.91 Å². The highest BCUT2D eigenvalue weighted by molar-refractivity contribution is 5.98. The molecule has 2 aromatic carbocycles. The van der Waals surface area contributed by atoms with E-state index in [4.69, 9.17) is 0 Å². The number of amides is 3. The van der Waals surface area contributed by atoms with Crippen LogP contribution in [-0.2, 0) is 4.79 Å². The molecule has 0 spiro atoms. The van der Waals surface area contributed by atoms with Crippen molar-refractivity contribution in [2.24, 2.45) is 5.92 Å². The third-order valence-corrected chi connectivity index (χ3v) is 5.03. The van der Waals surface area contributed by atoms with Crippen LogP contribution in [0.3, 0.4) is 0 Å². The summed E-state index contributed by atoms with van der Waals surface area (Å²) in [5, 5.41) is 2.87. The molecule has 1 heterocycles. The van der Waals surface area contributed by atoms with Crippen LogP contribution in [0.4, 0.5) is 10.1 Å². The van der Waals surface area contributed by atoms with Gasteiger partial charge in [-0.3, -0.25) is 14.4 Å². The predicted octanol–water partition coefficient (Wildman–Crippen LogP) is 3.02. The van der Waals surface area contributed by atoms with E-state index >= 15 is 0 Å². The first-order valence-electron chi connectivity index (χ1n) is 9.52. The highest BCUT2D eigenvalue weighted by Crippen LogP contribution is 2.22. The van der Waals surface area contributed by atoms with Crippen LogP contribution in [0.15, 0.2) is 48.5 Å². The van der Waals surface area contributed by atoms with Crippen LogP contribution in [0.25, 0.3) is 0 Å². The van der Waals surface area contributed by atoms with Crippen LogP contribution < -0.4 is 5.32 Å². The molecule has 29 heavy (non-hydrogen) atoms. The average molecular weight is 397 g/mol. The Labute approximate surface area is 169 Å². The molecule has 0 bridgehead atoms. The van der Waals surface area contributed by atoms with Gasteiger partial charge in [0.15, 0.2) is 0 Å². The number of halogens is 1. The number of benzene rings is 2. The van der Waals surface area contributed by atoms with Crippen LogP contribution in [0, 0.1) is 11.7 Å². The van der Waals surface area contributed by atoms with Gasteiger partial charge in [-0.05, 0) is 55.3 Å². The molecule has 7 heteroatoms. The van der Waals surface area contributed by atoms with Crippen LogP contribution in [0.5, 0.6) is 0 Å². The topological polar surface area (TPSA) is 69.7 Å². The highest BCUT2D eigenvalue weighted by atomic mass is 19.1. The van der Waals surface area contributed by atoms with E-state index in [1.807, 2.05) is 0 Å². The number of hydrogen-bond donors (Lipinski definition) is 1. The molecule has 1 aliphatic heterocycles. The molecule has 0 unspecified atom stereocenters. The third-order valence-electron chi connectivity index (χ3n) is 5.03. The maximum Gasteiger partial charge on any atom is 0.253 e. The quantitative estimate of drug-likeness (QED) is 0.862. The number of rotatable bonds is 4. The second-order valence-corrected chi connectivity index (χ2v) is 7.34. The third kappa shape index (κ3) is 4.99. The van der Waals surface area contributed by atoms with Gasteiger partial charge in [-0.1, -0.05) is 6.07 Å². The Morgan fingerprint density at radius 3 is 2.28 bits per heavy atom. The van der Waals surface area contributed by atoms with Crippen molar-refractivity contribution in [3.8, 4) is 0 Å². The van der Waals surface area contributed by atoms with E-state index in [-0.39, 0.29) is 29.5 Å². The zero-order chi connectivity index (χ0) is 21.0. The second-order valence-electron chi connectivity index (χ2n) is 7.34. The molecule has 0 radical (unpaired) electrons. The summed E-state index contributed by atoms with van der Waals surface area (Å²) in [4.78, 5) is 40.4. The van der Waals surface area contributed by atoms with Crippen LogP contribution >= 0.6 is 0 Å². The Balaban J connectivity index is 1.56. The van der Waals surface area contributed by atoms with Crippen molar-refractivity contribution in [1.29, 1.82) is 0 Å². The lowest BCUT2D eigenvalue weighted by atomic mass is 9.95. The van der Waals surface area contributed by atoms with E-state index in [2.05, 4.69) is 5.32 Å². The summed E-state index contributed by atoms with van der Waals surface area (Å²) >= 11 is 0. The van der Waals surface area contributed by atoms with Gasteiger partial charge in [0.25, 0.3) is 11.8 Å². The number of nitrogens with zero attached hydrogens (tertiary/aromatic N) is 2. The zero-order valence-electron chi connectivity index (χ0n) is 16.5. The molecule has 152 valence electrons. The van der Waals surface area contributed by atoms with Crippen molar-refractivity contribution < 1.29 is 18.8 Å². The minimum atomic E-state index is -0.381. The van der Waals surface area contributed by atoms with Gasteiger partial charge in [0.05, 0.1) is 0 Å². The van der Waals surface area contributed by atoms with E-state index in [1.54, 1.807) is 43.3 Å². The number of hydrogen-bond acceptors (Lipinski definition) is 3. The van der Waals surface area contributed by atoms with Crippen LogP contribution in [0.1, 0.15) is 33.6 Å². The predicted molar refractivity (Wildman–Crippen MR) is 108 cm³/mol. The van der Waals surface area contributed by atoms with Crippen molar-refractivity contribution in [2.45, 2.75) is 12.8 Å². The molecular weight excluding hydrogens is 373 g/mol. The molecule has 3 rings (SSSR count). The summed E-state index contributed by atoms with van der Waals surface area (Å²) in [7, 11) is 3.35. The Hall–Kier alpha value is -3.22. The van der Waals surface area contributed by atoms with Gasteiger partial charge in [-0.15, -0.1) is 0 Å². The Morgan fingerprint density at radius 1 is 1.00 bits per heavy atom. The molecule has 3 amide bonds. The molecule has 0 atom stereocenters. The SMILES string of the molecule is CN(C)C(=O)c1cccc(NC(=O)C2CCN(C(=O)c3ccc(F)cc3)CC2)c1. The first-order valence-corrected chi connectivity index (χ1v) is 9.52. The summed E-state index contributed by atoms with van der Waals surface area (Å²) < 4.78 is 13.0. The number of carbonyl (C=O) groups is 3. The average Bonchev–Trinajstić information content (AvgIpc) is 2.73. The number of anilines is 1. The molecule has 6 nitrogen and oxygen atoms in total. The molecule has 0 saturated carbocycles. The fourth-order valence-corrected chi connectivity index (χ4v) is 3.35. The summed E-state index contributed by atoms with van der Waals surface area (Å²) in [6.07, 6.45) is 1.10. The molecule has 1 aliphatic rings. The molecule has 1 fully saturated rings. The summed E-state index contributed by atoms with van der Waals surface area (Å²) in [5.74, 6) is -0.991. The largest absolute Gasteiger partial charge is 0.345 e. The maximum atomic E-state index is 13.0. The van der Waals surface area contributed by atoms with E-state index in [0.29, 0.717) is 42.7 Å². The van der Waals surface area contributed by atoms with Crippen molar-refractivity contribution in [1.82, 2.24) is 9.80 Å². The summed E-state index contributed by atoms with van der Waals surface area (Å²) in [6.45, 7) is 0.931. The van der Waals surface area contributed by atoms with Crippen LogP contribution in [0.2, 0.25) is 0 Å². The first-order chi connectivity index (χ1) is 13.8. The minimum absolute atomic E-state index is 0.117. The van der Waals surface area contributed by atoms with Crippen molar-refractivity contribution in [3.05, 3.63) is 65.5 Å². The lowest BCUT2D eigenvalue weighted by Crippen LogP contribution is -2.41. The standard InChI is InChI=1S/C22H24FN3O3/c1-25(2)21(28)17-4-3-5-19(14-17)24-20(27)15-10-12-26(13-11-15)22(29)16-6-8-18(23)9-7-16/h3-9,14-15H,10-13H2,1-2H3,(H,24,27). The molecule has 0 aromatic heterocycles. The fourth-order valence-electron chi connectivity index (χ4n) is 3.35. The van der Waals surface area contributed by atoms with Crippen molar-refractivity contribution >= 4 is 23.4 Å². The lowest BCUT2D eigenvalue weighted by Gasteiger charge is -2.31. The number of likely N-dealkylation sites (tertiary alicyclic amines) is 1. The monoisotopic (exact) mass is 397 g/mol. The fraction of sp³-hybridized carbons (Fsp3) is 0.318. The number of nitrogens with one attached hydrogen (secondary N) is 1. The minimum Gasteiger partial charge on any atom is -0.345 e. The van der Waals surface area contributed by atoms with Crippen LogP contribution in [-0.4, -0.2) is 54.7 Å². The first kappa shape index (κ1) is 20.5. The molecular formula is C22H24FN3O3. The number of piperidine rings is 1. The molecule has 0 aliphatic carbocycles. The van der Waals surface area contributed by atoms with E-state index < -0.39 is 0 Å². The van der Waals surface area contributed by atoms with Crippen molar-refractivity contribution in [3.63, 3.8) is 0 Å². The molecule has 1 N–H and O–H groups in total. The lowest BCUT2D eigenvalue weighted by molar-refractivity contribution is -0.121. The molecule has 2 aromatic rings. The smallest absolute Gasteiger partial charge is 0.253 e. The van der Waals surface area contributed by atoms with Crippen molar-refractivity contribution in [2.75, 3.05) is 32.5 Å².